The molecule has 8 N–H and O–H groups in total. The minimum absolute atomic E-state index is 0.00259. The van der Waals surface area contributed by atoms with Gasteiger partial charge in [-0.2, -0.15) is 0 Å². The summed E-state index contributed by atoms with van der Waals surface area (Å²) in [6.45, 7) is 18.8. The fourth-order valence-electron chi connectivity index (χ4n) is 2.73. The van der Waals surface area contributed by atoms with Gasteiger partial charge in [-0.25, -0.2) is 0 Å². The van der Waals surface area contributed by atoms with Crippen LogP contribution in [0.25, 0.3) is 0 Å². The van der Waals surface area contributed by atoms with E-state index >= 15 is 0 Å². The highest BCUT2D eigenvalue weighted by Crippen LogP contribution is 2.37. The Morgan fingerprint density at radius 2 is 1.03 bits per heavy atom. The second-order valence-corrected chi connectivity index (χ2v) is 22.5. The Hall–Kier alpha value is -0.336. The van der Waals surface area contributed by atoms with E-state index in [1.165, 1.54) is 0 Å². The largest absolute Gasteiger partial charge is 0.414 e. The van der Waals surface area contributed by atoms with E-state index in [-0.39, 0.29) is 29.6 Å². The zero-order valence-corrected chi connectivity index (χ0v) is 26.4. The lowest BCUT2D eigenvalue weighted by Gasteiger charge is -2.39. The van der Waals surface area contributed by atoms with E-state index in [2.05, 4.69) is 0 Å². The lowest BCUT2D eigenvalue weighted by molar-refractivity contribution is -0.259. The van der Waals surface area contributed by atoms with Gasteiger partial charge in [-0.3, -0.25) is 0 Å². The van der Waals surface area contributed by atoms with E-state index in [1.54, 1.807) is 0 Å². The van der Waals surface area contributed by atoms with Gasteiger partial charge in [0.05, 0.1) is 13.2 Å². The van der Waals surface area contributed by atoms with E-state index in [0.717, 1.165) is 0 Å². The SMILES string of the molecule is CC(C)(C)[Si](C)(C)OC[C@@H](O)C(O[C@@H](O)[C@H](O)[C@@H](O)[C@@H](O)[C@H](O)CO[Si](C)(C)C(C)(C)C)[C@H](O)[C@@H](O)C=O. The van der Waals surface area contributed by atoms with Crippen molar-refractivity contribution in [2.45, 2.75) is 133 Å². The number of hydrogen-bond donors (Lipinski definition) is 8. The highest BCUT2D eigenvalue weighted by molar-refractivity contribution is 6.74. The van der Waals surface area contributed by atoms with Gasteiger partial charge in [-0.05, 0) is 36.3 Å². The number of carbonyl (C=O) groups is 1. The van der Waals surface area contributed by atoms with Crippen LogP contribution in [-0.4, -0.2) is 132 Å². The molecule has 0 aromatic heterocycles. The third-order valence-electron chi connectivity index (χ3n) is 7.73. The molecule has 0 aliphatic heterocycles. The van der Waals surface area contributed by atoms with Crippen molar-refractivity contribution >= 4 is 22.9 Å². The van der Waals surface area contributed by atoms with Crippen molar-refractivity contribution in [2.24, 2.45) is 0 Å². The van der Waals surface area contributed by atoms with Crippen molar-refractivity contribution in [3.05, 3.63) is 0 Å². The van der Waals surface area contributed by atoms with E-state index in [4.69, 9.17) is 13.6 Å². The van der Waals surface area contributed by atoms with Crippen LogP contribution in [0, 0.1) is 0 Å². The summed E-state index contributed by atoms with van der Waals surface area (Å²) in [7, 11) is -4.67. The van der Waals surface area contributed by atoms with Crippen LogP contribution in [-0.2, 0) is 18.4 Å². The van der Waals surface area contributed by atoms with Crippen LogP contribution in [0.5, 0.6) is 0 Å². The summed E-state index contributed by atoms with van der Waals surface area (Å²) >= 11 is 0. The second kappa shape index (κ2) is 14.5. The molecule has 14 heteroatoms. The number of rotatable bonds is 16. The Bertz CT molecular complexity index is 709. The maximum absolute atomic E-state index is 11.0. The molecule has 0 amide bonds. The summed E-state index contributed by atoms with van der Waals surface area (Å²) in [6.07, 6.45) is -17.8. The molecule has 228 valence electrons. The zero-order chi connectivity index (χ0) is 30.4. The Balaban J connectivity index is 5.49. The Labute approximate surface area is 228 Å². The van der Waals surface area contributed by atoms with Gasteiger partial charge in [-0.15, -0.1) is 0 Å². The van der Waals surface area contributed by atoms with E-state index in [0.29, 0.717) is 0 Å². The van der Waals surface area contributed by atoms with Gasteiger partial charge in [0.2, 0.25) is 0 Å². The first-order chi connectivity index (χ1) is 16.9. The number of aliphatic hydroxyl groups excluding tert-OH is 8. The molecule has 38 heavy (non-hydrogen) atoms. The minimum Gasteiger partial charge on any atom is -0.414 e. The number of aldehydes is 1. The van der Waals surface area contributed by atoms with Crippen LogP contribution in [0.1, 0.15) is 41.5 Å². The minimum atomic E-state index is -2.38. The molecule has 0 saturated heterocycles. The molecule has 0 saturated carbocycles. The van der Waals surface area contributed by atoms with E-state index in [1.807, 2.05) is 67.7 Å². The van der Waals surface area contributed by atoms with Crippen LogP contribution < -0.4 is 0 Å². The fourth-order valence-corrected chi connectivity index (χ4v) is 4.77. The molecule has 1 unspecified atom stereocenters. The third kappa shape index (κ3) is 10.6. The average molecular weight is 589 g/mol. The van der Waals surface area contributed by atoms with Crippen LogP contribution in [0.2, 0.25) is 36.3 Å². The van der Waals surface area contributed by atoms with Gasteiger partial charge >= 0.3 is 0 Å². The molecular weight excluding hydrogens is 536 g/mol. The number of ether oxygens (including phenoxy) is 1. The van der Waals surface area contributed by atoms with Crippen LogP contribution in [0.15, 0.2) is 0 Å². The Morgan fingerprint density at radius 1 is 0.632 bits per heavy atom. The topological polar surface area (TPSA) is 207 Å². The molecule has 0 aliphatic carbocycles. The van der Waals surface area contributed by atoms with Gasteiger partial charge in [-0.1, -0.05) is 41.5 Å². The smallest absolute Gasteiger partial charge is 0.192 e. The van der Waals surface area contributed by atoms with Gasteiger partial charge in [0.25, 0.3) is 0 Å². The first-order valence-electron chi connectivity index (χ1n) is 12.7. The van der Waals surface area contributed by atoms with Crippen LogP contribution in [0.4, 0.5) is 0 Å². The molecule has 0 fully saturated rings. The van der Waals surface area contributed by atoms with Crippen molar-refractivity contribution in [1.29, 1.82) is 0 Å². The van der Waals surface area contributed by atoms with Gasteiger partial charge in [0.1, 0.15) is 48.8 Å². The standard InChI is InChI=1S/C24H52O12Si2/c1-23(2,3)37(7,8)34-12-15(27)17(29)19(31)20(32)22(33)36-21(18(30)14(26)11-25)16(28)13-35-38(9,10)24(4,5)6/h11,14-22,26-33H,12-13H2,1-10H3/t14-,15+,16+,17-,18+,19-,20+,21?,22+/m0/s1. The van der Waals surface area contributed by atoms with E-state index < -0.39 is 71.8 Å². The first kappa shape index (κ1) is 37.7. The number of carbonyl (C=O) groups excluding carboxylic acids is 1. The number of aliphatic hydroxyl groups is 8. The highest BCUT2D eigenvalue weighted by Gasteiger charge is 2.43. The summed E-state index contributed by atoms with van der Waals surface area (Å²) in [6, 6.07) is 0. The summed E-state index contributed by atoms with van der Waals surface area (Å²) in [5, 5.41) is 82.2. The predicted molar refractivity (Wildman–Crippen MR) is 145 cm³/mol. The highest BCUT2D eigenvalue weighted by atomic mass is 28.4. The first-order valence-corrected chi connectivity index (χ1v) is 18.6. The van der Waals surface area contributed by atoms with Crippen molar-refractivity contribution in [3.8, 4) is 0 Å². The van der Waals surface area contributed by atoms with Crippen molar-refractivity contribution < 1.29 is 59.2 Å². The van der Waals surface area contributed by atoms with Gasteiger partial charge in [0.15, 0.2) is 29.2 Å². The summed E-state index contributed by atoms with van der Waals surface area (Å²) in [5.74, 6) is 0. The van der Waals surface area contributed by atoms with Crippen LogP contribution >= 0.6 is 0 Å². The Kier molecular flexibility index (Phi) is 14.4. The quantitative estimate of drug-likeness (QED) is 0.0650. The van der Waals surface area contributed by atoms with Crippen LogP contribution in [0.3, 0.4) is 0 Å². The maximum Gasteiger partial charge on any atom is 0.192 e. The Morgan fingerprint density at radius 3 is 1.39 bits per heavy atom. The molecule has 0 aromatic carbocycles. The lowest BCUT2D eigenvalue weighted by Crippen LogP contribution is -2.56. The maximum atomic E-state index is 11.0. The van der Waals surface area contributed by atoms with Gasteiger partial charge in [0, 0.05) is 0 Å². The average Bonchev–Trinajstić information content (AvgIpc) is 2.80. The fraction of sp³-hybridized carbons (Fsp3) is 0.958. The zero-order valence-electron chi connectivity index (χ0n) is 24.4. The molecule has 0 bridgehead atoms. The monoisotopic (exact) mass is 588 g/mol. The number of hydrogen-bond acceptors (Lipinski definition) is 12. The molecular formula is C24H52O12Si2. The molecule has 9 atom stereocenters. The molecule has 0 radical (unpaired) electrons. The summed E-state index contributed by atoms with van der Waals surface area (Å²) < 4.78 is 16.9. The molecule has 0 heterocycles. The molecule has 0 spiro atoms. The normalized spacial score (nSPS) is 21.1. The second-order valence-electron chi connectivity index (χ2n) is 12.9. The molecule has 0 rings (SSSR count). The van der Waals surface area contributed by atoms with Crippen molar-refractivity contribution in [3.63, 3.8) is 0 Å². The predicted octanol–water partition coefficient (Wildman–Crippen LogP) is -0.541. The van der Waals surface area contributed by atoms with E-state index in [9.17, 15) is 45.6 Å². The van der Waals surface area contributed by atoms with Crippen molar-refractivity contribution in [2.75, 3.05) is 13.2 Å². The summed E-state index contributed by atoms with van der Waals surface area (Å²) in [5.41, 5.74) is 0. The molecule has 0 aliphatic rings. The third-order valence-corrected chi connectivity index (χ3v) is 16.7. The van der Waals surface area contributed by atoms with Gasteiger partial charge < -0.3 is 59.2 Å². The molecule has 0 aromatic rings. The summed E-state index contributed by atoms with van der Waals surface area (Å²) in [4.78, 5) is 11.0. The lowest BCUT2D eigenvalue weighted by atomic mass is 10.0. The van der Waals surface area contributed by atoms with Crippen molar-refractivity contribution in [1.82, 2.24) is 0 Å². The molecule has 12 nitrogen and oxygen atoms in total.